The van der Waals surface area contributed by atoms with Crippen molar-refractivity contribution >= 4 is 65.8 Å². The van der Waals surface area contributed by atoms with Gasteiger partial charge in [-0.15, -0.1) is 0 Å². The van der Waals surface area contributed by atoms with Crippen LogP contribution in [0.4, 0.5) is 11.4 Å². The molecule has 6 nitrogen and oxygen atoms in total. The maximum atomic E-state index is 13.0. The van der Waals surface area contributed by atoms with E-state index in [0.717, 1.165) is 19.7 Å². The normalized spacial score (nSPS) is 10.6. The van der Waals surface area contributed by atoms with Crippen molar-refractivity contribution in [2.24, 2.45) is 0 Å². The molecule has 4 aromatic carbocycles. The number of ether oxygens (including phenoxy) is 2. The molecule has 0 aromatic heterocycles. The maximum Gasteiger partial charge on any atom is 0.259 e. The lowest BCUT2D eigenvalue weighted by molar-refractivity contribution is 0.101. The van der Waals surface area contributed by atoms with Crippen LogP contribution in [0.15, 0.2) is 81.7 Å². The monoisotopic (exact) mass is 582 g/mol. The fraction of sp³-hybridized carbons (Fsp3) is 0.0769. The van der Waals surface area contributed by atoms with Crippen LogP contribution < -0.4 is 20.1 Å². The summed E-state index contributed by atoms with van der Waals surface area (Å²) >= 11 is 6.80. The standard InChI is InChI=1S/C26H20Br2N2O4/c1-33-23-11-9-15(27)13-19(23)25(31)29-21-7-3-6-18-17(21)5-4-8-22(18)30-26(32)20-14-16(28)10-12-24(20)34-2/h3-14H,1-2H3,(H,29,31)(H,30,32). The molecule has 0 saturated carbocycles. The van der Waals surface area contributed by atoms with Gasteiger partial charge in [-0.1, -0.05) is 56.1 Å². The molecule has 0 unspecified atom stereocenters. The molecule has 0 aliphatic heterocycles. The maximum absolute atomic E-state index is 13.0. The number of fused-ring (bicyclic) bond motifs is 1. The Morgan fingerprint density at radius 3 is 1.44 bits per heavy atom. The molecule has 0 fully saturated rings. The fourth-order valence-corrected chi connectivity index (χ4v) is 4.34. The summed E-state index contributed by atoms with van der Waals surface area (Å²) in [6.07, 6.45) is 0. The van der Waals surface area contributed by atoms with E-state index < -0.39 is 0 Å². The zero-order chi connectivity index (χ0) is 24.2. The van der Waals surface area contributed by atoms with E-state index >= 15 is 0 Å². The summed E-state index contributed by atoms with van der Waals surface area (Å²) in [6.45, 7) is 0. The third-order valence-electron chi connectivity index (χ3n) is 5.23. The summed E-state index contributed by atoms with van der Waals surface area (Å²) in [6, 6.07) is 21.5. The highest BCUT2D eigenvalue weighted by molar-refractivity contribution is 9.10. The first-order valence-corrected chi connectivity index (χ1v) is 11.8. The highest BCUT2D eigenvalue weighted by atomic mass is 79.9. The molecule has 4 rings (SSSR count). The van der Waals surface area contributed by atoms with E-state index in [1.807, 2.05) is 48.5 Å². The van der Waals surface area contributed by atoms with Crippen molar-refractivity contribution in [3.05, 3.63) is 92.9 Å². The van der Waals surface area contributed by atoms with Gasteiger partial charge in [0.25, 0.3) is 11.8 Å². The molecule has 172 valence electrons. The Balaban J connectivity index is 1.67. The molecule has 0 saturated heterocycles. The second kappa shape index (κ2) is 10.3. The van der Waals surface area contributed by atoms with E-state index in [-0.39, 0.29) is 11.8 Å². The SMILES string of the molecule is COc1ccc(Br)cc1C(=O)Nc1cccc2c(NC(=O)c3cc(Br)ccc3OC)cccc12. The third kappa shape index (κ3) is 4.93. The molecule has 8 heteroatoms. The van der Waals surface area contributed by atoms with Crippen molar-refractivity contribution in [2.45, 2.75) is 0 Å². The van der Waals surface area contributed by atoms with Gasteiger partial charge in [-0.05, 0) is 48.5 Å². The molecule has 0 spiro atoms. The van der Waals surface area contributed by atoms with Crippen molar-refractivity contribution in [3.8, 4) is 11.5 Å². The van der Waals surface area contributed by atoms with Crippen LogP contribution in [0.25, 0.3) is 10.8 Å². The minimum Gasteiger partial charge on any atom is -0.496 e. The largest absolute Gasteiger partial charge is 0.496 e. The number of carbonyl (C=O) groups excluding carboxylic acids is 2. The topological polar surface area (TPSA) is 76.7 Å². The van der Waals surface area contributed by atoms with Crippen LogP contribution in [0.3, 0.4) is 0 Å². The summed E-state index contributed by atoms with van der Waals surface area (Å²) < 4.78 is 12.2. The smallest absolute Gasteiger partial charge is 0.259 e. The molecule has 0 bridgehead atoms. The number of anilines is 2. The number of hydrogen-bond acceptors (Lipinski definition) is 4. The lowest BCUT2D eigenvalue weighted by atomic mass is 10.1. The number of hydrogen-bond donors (Lipinski definition) is 2. The number of halogens is 2. The Hall–Kier alpha value is -3.36. The van der Waals surface area contributed by atoms with Gasteiger partial charge < -0.3 is 20.1 Å². The quantitative estimate of drug-likeness (QED) is 0.259. The summed E-state index contributed by atoms with van der Waals surface area (Å²) in [5.41, 5.74) is 2.03. The molecule has 0 aliphatic carbocycles. The van der Waals surface area contributed by atoms with E-state index in [2.05, 4.69) is 42.5 Å². The number of nitrogens with one attached hydrogen (secondary N) is 2. The van der Waals surface area contributed by atoms with Crippen molar-refractivity contribution in [1.29, 1.82) is 0 Å². The van der Waals surface area contributed by atoms with E-state index in [4.69, 9.17) is 9.47 Å². The van der Waals surface area contributed by atoms with Gasteiger partial charge in [0.15, 0.2) is 0 Å². The highest BCUT2D eigenvalue weighted by Gasteiger charge is 2.17. The van der Waals surface area contributed by atoms with Gasteiger partial charge in [0.05, 0.1) is 25.3 Å². The first-order valence-electron chi connectivity index (χ1n) is 10.2. The van der Waals surface area contributed by atoms with Crippen LogP contribution in [0.2, 0.25) is 0 Å². The number of benzene rings is 4. The average molecular weight is 584 g/mol. The van der Waals surface area contributed by atoms with Crippen LogP contribution in [0.5, 0.6) is 11.5 Å². The lowest BCUT2D eigenvalue weighted by Gasteiger charge is -2.14. The Morgan fingerprint density at radius 1 is 0.647 bits per heavy atom. The fourth-order valence-electron chi connectivity index (χ4n) is 3.62. The summed E-state index contributed by atoms with van der Waals surface area (Å²) in [5, 5.41) is 7.49. The van der Waals surface area contributed by atoms with Crippen LogP contribution in [-0.2, 0) is 0 Å². The van der Waals surface area contributed by atoms with Gasteiger partial charge in [-0.25, -0.2) is 0 Å². The number of rotatable bonds is 6. The zero-order valence-corrected chi connectivity index (χ0v) is 21.5. The molecular weight excluding hydrogens is 564 g/mol. The number of methoxy groups -OCH3 is 2. The highest BCUT2D eigenvalue weighted by Crippen LogP contribution is 2.32. The van der Waals surface area contributed by atoms with E-state index in [1.165, 1.54) is 14.2 Å². The van der Waals surface area contributed by atoms with Crippen molar-refractivity contribution in [2.75, 3.05) is 24.9 Å². The minimum atomic E-state index is -0.307. The van der Waals surface area contributed by atoms with Crippen LogP contribution in [-0.4, -0.2) is 26.0 Å². The van der Waals surface area contributed by atoms with E-state index in [0.29, 0.717) is 34.0 Å². The van der Waals surface area contributed by atoms with Crippen molar-refractivity contribution < 1.29 is 19.1 Å². The molecule has 0 atom stereocenters. The Bertz CT molecular complexity index is 1300. The van der Waals surface area contributed by atoms with Gasteiger partial charge in [-0.2, -0.15) is 0 Å². The van der Waals surface area contributed by atoms with Gasteiger partial charge in [0.1, 0.15) is 11.5 Å². The predicted octanol–water partition coefficient (Wildman–Crippen LogP) is 6.89. The predicted molar refractivity (Wildman–Crippen MR) is 141 cm³/mol. The number of carbonyl (C=O) groups is 2. The van der Waals surface area contributed by atoms with Gasteiger partial charge in [0.2, 0.25) is 0 Å². The summed E-state index contributed by atoms with van der Waals surface area (Å²) in [7, 11) is 3.04. The third-order valence-corrected chi connectivity index (χ3v) is 6.22. The molecule has 4 aromatic rings. The Kier molecular flexibility index (Phi) is 7.19. The number of amides is 2. The molecule has 2 N–H and O–H groups in total. The molecule has 2 amide bonds. The van der Waals surface area contributed by atoms with Gasteiger partial charge in [-0.3, -0.25) is 9.59 Å². The Labute approximate surface area is 213 Å². The molecule has 0 aliphatic rings. The van der Waals surface area contributed by atoms with E-state index in [1.54, 1.807) is 24.3 Å². The second-order valence-electron chi connectivity index (χ2n) is 7.30. The van der Waals surface area contributed by atoms with Crippen LogP contribution >= 0.6 is 31.9 Å². The molecular formula is C26H20Br2N2O4. The van der Waals surface area contributed by atoms with Crippen LogP contribution in [0, 0.1) is 0 Å². The molecule has 34 heavy (non-hydrogen) atoms. The first kappa shape index (κ1) is 23.8. The summed E-state index contributed by atoms with van der Waals surface area (Å²) in [5.74, 6) is 0.326. The first-order chi connectivity index (χ1) is 16.4. The summed E-state index contributed by atoms with van der Waals surface area (Å²) in [4.78, 5) is 26.1. The van der Waals surface area contributed by atoms with Gasteiger partial charge >= 0.3 is 0 Å². The van der Waals surface area contributed by atoms with Gasteiger partial charge in [0, 0.05) is 31.1 Å². The van der Waals surface area contributed by atoms with Crippen molar-refractivity contribution in [3.63, 3.8) is 0 Å². The van der Waals surface area contributed by atoms with Crippen molar-refractivity contribution in [1.82, 2.24) is 0 Å². The minimum absolute atomic E-state index is 0.307. The molecule has 0 heterocycles. The molecule has 0 radical (unpaired) electrons. The zero-order valence-electron chi connectivity index (χ0n) is 18.3. The average Bonchev–Trinajstić information content (AvgIpc) is 2.84. The second-order valence-corrected chi connectivity index (χ2v) is 9.14. The Morgan fingerprint density at radius 2 is 1.06 bits per heavy atom. The lowest BCUT2D eigenvalue weighted by Crippen LogP contribution is -2.15. The van der Waals surface area contributed by atoms with Crippen LogP contribution in [0.1, 0.15) is 20.7 Å². The van der Waals surface area contributed by atoms with E-state index in [9.17, 15) is 9.59 Å².